The average Bonchev–Trinajstić information content (AvgIpc) is 2.12. The highest BCUT2D eigenvalue weighted by molar-refractivity contribution is 5.78. The van der Waals surface area contributed by atoms with Crippen LogP contribution in [0.5, 0.6) is 0 Å². The number of nitrogens with zero attached hydrogens (tertiary/aromatic N) is 2. The van der Waals surface area contributed by atoms with Crippen LogP contribution in [0, 0.1) is 19.7 Å². The van der Waals surface area contributed by atoms with E-state index in [0.29, 0.717) is 5.52 Å². The zero-order valence-electron chi connectivity index (χ0n) is 7.50. The first-order valence-electron chi connectivity index (χ1n) is 4.06. The summed E-state index contributed by atoms with van der Waals surface area (Å²) in [5, 5.41) is 0. The van der Waals surface area contributed by atoms with Crippen molar-refractivity contribution in [2.45, 2.75) is 13.8 Å². The van der Waals surface area contributed by atoms with Crippen LogP contribution in [-0.4, -0.2) is 9.97 Å². The summed E-state index contributed by atoms with van der Waals surface area (Å²) in [5.74, 6) is -0.344. The van der Waals surface area contributed by atoms with Gasteiger partial charge in [0.2, 0.25) is 0 Å². The van der Waals surface area contributed by atoms with Gasteiger partial charge in [-0.15, -0.1) is 0 Å². The number of halogens is 1. The molecule has 0 fully saturated rings. The molecule has 0 aliphatic rings. The number of rotatable bonds is 0. The van der Waals surface area contributed by atoms with E-state index in [1.165, 1.54) is 12.3 Å². The van der Waals surface area contributed by atoms with Crippen LogP contribution in [0.2, 0.25) is 0 Å². The van der Waals surface area contributed by atoms with Gasteiger partial charge in [-0.1, -0.05) is 0 Å². The van der Waals surface area contributed by atoms with Crippen molar-refractivity contribution >= 4 is 11.0 Å². The van der Waals surface area contributed by atoms with E-state index in [4.69, 9.17) is 0 Å². The molecule has 0 aliphatic heterocycles. The predicted octanol–water partition coefficient (Wildman–Crippen LogP) is 2.39. The molecular formula is C10H9FN2. The minimum atomic E-state index is -0.344. The quantitative estimate of drug-likeness (QED) is 0.616. The molecule has 3 heteroatoms. The monoisotopic (exact) mass is 176 g/mol. The average molecular weight is 176 g/mol. The number of pyridine rings is 2. The summed E-state index contributed by atoms with van der Waals surface area (Å²) in [5.41, 5.74) is 3.53. The number of aryl methyl sites for hydroxylation is 2. The van der Waals surface area contributed by atoms with E-state index in [2.05, 4.69) is 9.97 Å². The highest BCUT2D eigenvalue weighted by Crippen LogP contribution is 2.16. The van der Waals surface area contributed by atoms with E-state index >= 15 is 0 Å². The molecule has 0 amide bonds. The van der Waals surface area contributed by atoms with E-state index in [1.54, 1.807) is 6.20 Å². The van der Waals surface area contributed by atoms with Gasteiger partial charge >= 0.3 is 0 Å². The Balaban J connectivity index is 2.87. The number of fused-ring (bicyclic) bond motifs is 1. The summed E-state index contributed by atoms with van der Waals surface area (Å²) in [6.07, 6.45) is 2.95. The molecule has 0 N–H and O–H groups in total. The van der Waals surface area contributed by atoms with Gasteiger partial charge in [-0.2, -0.15) is 0 Å². The van der Waals surface area contributed by atoms with E-state index in [9.17, 15) is 4.39 Å². The lowest BCUT2D eigenvalue weighted by Gasteiger charge is -2.02. The normalized spacial score (nSPS) is 10.7. The smallest absolute Gasteiger partial charge is 0.143 e. The molecule has 66 valence electrons. The standard InChI is InChI=1S/C10H9FN2/c1-6-4-12-9-3-8(11)5-13-10(9)7(6)2/h3-5H,1-2H3. The molecule has 0 saturated heterocycles. The highest BCUT2D eigenvalue weighted by Gasteiger charge is 2.03. The predicted molar refractivity (Wildman–Crippen MR) is 49.0 cm³/mol. The first-order valence-corrected chi connectivity index (χ1v) is 4.06. The number of hydrogen-bond donors (Lipinski definition) is 0. The molecule has 2 rings (SSSR count). The van der Waals surface area contributed by atoms with Crippen molar-refractivity contribution in [1.82, 2.24) is 9.97 Å². The molecule has 0 saturated carbocycles. The highest BCUT2D eigenvalue weighted by atomic mass is 19.1. The van der Waals surface area contributed by atoms with E-state index in [0.717, 1.165) is 16.6 Å². The Bertz CT molecular complexity index is 466. The van der Waals surface area contributed by atoms with Gasteiger partial charge in [0.25, 0.3) is 0 Å². The van der Waals surface area contributed by atoms with Crippen molar-refractivity contribution in [3.05, 3.63) is 35.4 Å². The first-order chi connectivity index (χ1) is 6.18. The van der Waals surface area contributed by atoms with Gasteiger partial charge in [0, 0.05) is 12.3 Å². The van der Waals surface area contributed by atoms with Gasteiger partial charge in [-0.3, -0.25) is 9.97 Å². The summed E-state index contributed by atoms with van der Waals surface area (Å²) in [4.78, 5) is 8.10. The number of hydrogen-bond acceptors (Lipinski definition) is 2. The molecule has 0 aliphatic carbocycles. The first kappa shape index (κ1) is 8.10. The zero-order chi connectivity index (χ0) is 9.42. The molecule has 0 spiro atoms. The molecule has 13 heavy (non-hydrogen) atoms. The van der Waals surface area contributed by atoms with Crippen LogP contribution in [0.15, 0.2) is 18.5 Å². The lowest BCUT2D eigenvalue weighted by Crippen LogP contribution is -1.91. The molecule has 0 atom stereocenters. The fraction of sp³-hybridized carbons (Fsp3) is 0.200. The van der Waals surface area contributed by atoms with Gasteiger partial charge in [0.1, 0.15) is 5.82 Å². The Morgan fingerprint density at radius 1 is 1.15 bits per heavy atom. The van der Waals surface area contributed by atoms with Gasteiger partial charge in [-0.25, -0.2) is 4.39 Å². The Morgan fingerprint density at radius 2 is 1.92 bits per heavy atom. The van der Waals surface area contributed by atoms with Crippen molar-refractivity contribution in [3.8, 4) is 0 Å². The summed E-state index contributed by atoms with van der Waals surface area (Å²) in [6, 6.07) is 1.40. The second kappa shape index (κ2) is 2.76. The van der Waals surface area contributed by atoms with Crippen LogP contribution < -0.4 is 0 Å². The maximum atomic E-state index is 12.8. The summed E-state index contributed by atoms with van der Waals surface area (Å²) in [6.45, 7) is 3.93. The third-order valence-electron chi connectivity index (χ3n) is 2.18. The summed E-state index contributed by atoms with van der Waals surface area (Å²) in [7, 11) is 0. The fourth-order valence-corrected chi connectivity index (χ4v) is 1.27. The second-order valence-electron chi connectivity index (χ2n) is 3.09. The number of aromatic nitrogens is 2. The van der Waals surface area contributed by atoms with Crippen LogP contribution in [0.3, 0.4) is 0 Å². The van der Waals surface area contributed by atoms with E-state index in [1.807, 2.05) is 13.8 Å². The molecule has 2 aromatic heterocycles. The molecule has 0 aromatic carbocycles. The SMILES string of the molecule is Cc1cnc2cc(F)cnc2c1C. The van der Waals surface area contributed by atoms with Crippen LogP contribution in [-0.2, 0) is 0 Å². The van der Waals surface area contributed by atoms with Crippen molar-refractivity contribution in [3.63, 3.8) is 0 Å². The lowest BCUT2D eigenvalue weighted by atomic mass is 10.1. The third kappa shape index (κ3) is 1.26. The van der Waals surface area contributed by atoms with Gasteiger partial charge in [0.15, 0.2) is 0 Å². The minimum Gasteiger partial charge on any atom is -0.254 e. The van der Waals surface area contributed by atoms with Crippen molar-refractivity contribution in [2.24, 2.45) is 0 Å². The third-order valence-corrected chi connectivity index (χ3v) is 2.18. The fourth-order valence-electron chi connectivity index (χ4n) is 1.27. The van der Waals surface area contributed by atoms with E-state index in [-0.39, 0.29) is 5.82 Å². The van der Waals surface area contributed by atoms with Gasteiger partial charge in [-0.05, 0) is 25.0 Å². The molecule has 0 bridgehead atoms. The summed E-state index contributed by atoms with van der Waals surface area (Å²) >= 11 is 0. The Hall–Kier alpha value is -1.51. The molecule has 0 radical (unpaired) electrons. The Morgan fingerprint density at radius 3 is 2.69 bits per heavy atom. The minimum absolute atomic E-state index is 0.344. The van der Waals surface area contributed by atoms with Crippen molar-refractivity contribution in [2.75, 3.05) is 0 Å². The van der Waals surface area contributed by atoms with Crippen LogP contribution >= 0.6 is 0 Å². The largest absolute Gasteiger partial charge is 0.254 e. The van der Waals surface area contributed by atoms with Crippen LogP contribution in [0.25, 0.3) is 11.0 Å². The maximum Gasteiger partial charge on any atom is 0.143 e. The maximum absolute atomic E-state index is 12.8. The molecular weight excluding hydrogens is 167 g/mol. The molecule has 2 heterocycles. The van der Waals surface area contributed by atoms with Crippen LogP contribution in [0.1, 0.15) is 11.1 Å². The lowest BCUT2D eigenvalue weighted by molar-refractivity contribution is 0.624. The van der Waals surface area contributed by atoms with Crippen molar-refractivity contribution in [1.29, 1.82) is 0 Å². The summed E-state index contributed by atoms with van der Waals surface area (Å²) < 4.78 is 12.8. The molecule has 2 nitrogen and oxygen atoms in total. The van der Waals surface area contributed by atoms with Crippen molar-refractivity contribution < 1.29 is 4.39 Å². The molecule has 0 unspecified atom stereocenters. The van der Waals surface area contributed by atoms with Gasteiger partial charge in [0.05, 0.1) is 17.2 Å². The zero-order valence-corrected chi connectivity index (χ0v) is 7.50. The Kier molecular flexibility index (Phi) is 1.72. The topological polar surface area (TPSA) is 25.8 Å². The second-order valence-corrected chi connectivity index (χ2v) is 3.09. The Labute approximate surface area is 75.4 Å². The van der Waals surface area contributed by atoms with Crippen LogP contribution in [0.4, 0.5) is 4.39 Å². The van der Waals surface area contributed by atoms with E-state index < -0.39 is 0 Å². The van der Waals surface area contributed by atoms with Gasteiger partial charge < -0.3 is 0 Å². The molecule has 2 aromatic rings.